The first-order chi connectivity index (χ1) is 5.61. The molecule has 0 unspecified atom stereocenters. The van der Waals surface area contributed by atoms with E-state index < -0.39 is 0 Å². The van der Waals surface area contributed by atoms with Gasteiger partial charge >= 0.3 is 0 Å². The second-order valence-electron chi connectivity index (χ2n) is 3.95. The summed E-state index contributed by atoms with van der Waals surface area (Å²) >= 11 is 0. The van der Waals surface area contributed by atoms with Crippen LogP contribution in [0.5, 0.6) is 0 Å². The number of aliphatic imine (C=N–C) groups is 1. The topological polar surface area (TPSA) is 12.4 Å². The first-order valence-electron chi connectivity index (χ1n) is 4.26. The molecule has 1 aromatic rings. The van der Waals surface area contributed by atoms with Crippen LogP contribution in [-0.4, -0.2) is 6.21 Å². The molecule has 1 aliphatic rings. The highest BCUT2D eigenvalue weighted by molar-refractivity contribution is 5.85. The van der Waals surface area contributed by atoms with Gasteiger partial charge in [-0.1, -0.05) is 26.0 Å². The molecule has 0 aliphatic carbocycles. The fraction of sp³-hybridized carbons (Fsp3) is 0.364. The van der Waals surface area contributed by atoms with Gasteiger partial charge in [0.05, 0.1) is 5.69 Å². The number of hydrogen-bond acceptors (Lipinski definition) is 1. The molecular weight excluding hydrogens is 146 g/mol. The predicted molar refractivity (Wildman–Crippen MR) is 52.4 cm³/mol. The van der Waals surface area contributed by atoms with Crippen LogP contribution in [0.4, 0.5) is 5.69 Å². The zero-order valence-corrected chi connectivity index (χ0v) is 7.76. The minimum absolute atomic E-state index is 0.126. The Labute approximate surface area is 73.1 Å². The smallest absolute Gasteiger partial charge is 0.0669 e. The number of rotatable bonds is 0. The molecule has 0 fully saturated rings. The molecule has 0 saturated carbocycles. The molecule has 12 heavy (non-hydrogen) atoms. The molecule has 62 valence electrons. The van der Waals surface area contributed by atoms with Crippen molar-refractivity contribution < 1.29 is 0 Å². The van der Waals surface area contributed by atoms with Crippen molar-refractivity contribution in [1.82, 2.24) is 0 Å². The fourth-order valence-corrected chi connectivity index (χ4v) is 1.89. The molecule has 0 aromatic heterocycles. The van der Waals surface area contributed by atoms with Gasteiger partial charge in [0.1, 0.15) is 0 Å². The Hall–Kier alpha value is -1.11. The summed E-state index contributed by atoms with van der Waals surface area (Å²) in [6, 6.07) is 6.29. The number of fused-ring (bicyclic) bond motifs is 1. The second kappa shape index (κ2) is 2.19. The number of aryl methyl sites for hydroxylation is 1. The lowest BCUT2D eigenvalue weighted by molar-refractivity contribution is 0.746. The van der Waals surface area contributed by atoms with Crippen LogP contribution in [0, 0.1) is 6.92 Å². The molecule has 2 rings (SSSR count). The van der Waals surface area contributed by atoms with Crippen molar-refractivity contribution in [2.75, 3.05) is 0 Å². The Kier molecular flexibility index (Phi) is 1.38. The molecule has 1 heteroatoms. The average Bonchev–Trinajstić information content (AvgIpc) is 2.29. The molecule has 1 heterocycles. The van der Waals surface area contributed by atoms with Crippen LogP contribution >= 0.6 is 0 Å². The van der Waals surface area contributed by atoms with Crippen LogP contribution < -0.4 is 0 Å². The van der Waals surface area contributed by atoms with E-state index in [1.54, 1.807) is 0 Å². The maximum absolute atomic E-state index is 4.39. The van der Waals surface area contributed by atoms with Crippen molar-refractivity contribution >= 4 is 11.9 Å². The quantitative estimate of drug-likeness (QED) is 0.552. The second-order valence-corrected chi connectivity index (χ2v) is 3.95. The highest BCUT2D eigenvalue weighted by Gasteiger charge is 2.27. The molecule has 0 atom stereocenters. The van der Waals surface area contributed by atoms with Gasteiger partial charge in [0.15, 0.2) is 0 Å². The Morgan fingerprint density at radius 2 is 2.00 bits per heavy atom. The van der Waals surface area contributed by atoms with E-state index >= 15 is 0 Å². The van der Waals surface area contributed by atoms with Crippen LogP contribution in [0.2, 0.25) is 0 Å². The third kappa shape index (κ3) is 0.893. The van der Waals surface area contributed by atoms with Crippen molar-refractivity contribution in [3.05, 3.63) is 29.3 Å². The van der Waals surface area contributed by atoms with Crippen LogP contribution in [0.3, 0.4) is 0 Å². The summed E-state index contributed by atoms with van der Waals surface area (Å²) in [6.07, 6.45) is 2.03. The minimum Gasteiger partial charge on any atom is -0.260 e. The van der Waals surface area contributed by atoms with Crippen molar-refractivity contribution in [3.8, 4) is 0 Å². The molecule has 1 nitrogen and oxygen atoms in total. The maximum atomic E-state index is 4.39. The van der Waals surface area contributed by atoms with E-state index in [1.807, 2.05) is 6.21 Å². The van der Waals surface area contributed by atoms with Gasteiger partial charge in [0, 0.05) is 11.6 Å². The van der Waals surface area contributed by atoms with Crippen molar-refractivity contribution in [3.63, 3.8) is 0 Å². The van der Waals surface area contributed by atoms with Gasteiger partial charge in [-0.05, 0) is 24.1 Å². The Balaban J connectivity index is 2.70. The van der Waals surface area contributed by atoms with Crippen molar-refractivity contribution in [2.45, 2.75) is 26.2 Å². The van der Waals surface area contributed by atoms with Crippen LogP contribution in [-0.2, 0) is 5.41 Å². The van der Waals surface area contributed by atoms with E-state index in [-0.39, 0.29) is 5.41 Å². The zero-order valence-electron chi connectivity index (χ0n) is 7.76. The summed E-state index contributed by atoms with van der Waals surface area (Å²) in [6.45, 7) is 6.56. The van der Waals surface area contributed by atoms with Crippen molar-refractivity contribution in [1.29, 1.82) is 0 Å². The molecular formula is C11H13N. The highest BCUT2D eigenvalue weighted by atomic mass is 14.8. The summed E-state index contributed by atoms with van der Waals surface area (Å²) in [7, 11) is 0. The third-order valence-electron chi connectivity index (χ3n) is 2.42. The number of nitrogens with zero attached hydrogens (tertiary/aromatic N) is 1. The summed E-state index contributed by atoms with van der Waals surface area (Å²) in [4.78, 5) is 4.39. The number of benzene rings is 1. The molecule has 0 saturated heterocycles. The molecule has 0 bridgehead atoms. The standard InChI is InChI=1S/C11H13N/c1-8-5-4-6-9-10(8)11(2,3)7-12-9/h4-7H,1-3H3. The molecule has 0 spiro atoms. The van der Waals surface area contributed by atoms with E-state index in [9.17, 15) is 0 Å². The van der Waals surface area contributed by atoms with E-state index in [0.717, 1.165) is 5.69 Å². The van der Waals surface area contributed by atoms with E-state index in [4.69, 9.17) is 0 Å². The lowest BCUT2D eigenvalue weighted by Crippen LogP contribution is -2.16. The van der Waals surface area contributed by atoms with E-state index in [2.05, 4.69) is 44.0 Å². The van der Waals surface area contributed by atoms with Gasteiger partial charge < -0.3 is 0 Å². The lowest BCUT2D eigenvalue weighted by atomic mass is 9.84. The minimum atomic E-state index is 0.126. The monoisotopic (exact) mass is 159 g/mol. The largest absolute Gasteiger partial charge is 0.260 e. The van der Waals surface area contributed by atoms with Gasteiger partial charge in [0.25, 0.3) is 0 Å². The van der Waals surface area contributed by atoms with Crippen LogP contribution in [0.25, 0.3) is 0 Å². The van der Waals surface area contributed by atoms with E-state index in [1.165, 1.54) is 11.1 Å². The molecule has 0 N–H and O–H groups in total. The van der Waals surface area contributed by atoms with Crippen molar-refractivity contribution in [2.24, 2.45) is 4.99 Å². The summed E-state index contributed by atoms with van der Waals surface area (Å²) in [5, 5.41) is 0. The predicted octanol–water partition coefficient (Wildman–Crippen LogP) is 2.99. The third-order valence-corrected chi connectivity index (χ3v) is 2.42. The first kappa shape index (κ1) is 7.53. The number of hydrogen-bond donors (Lipinski definition) is 0. The highest BCUT2D eigenvalue weighted by Crippen LogP contribution is 2.38. The zero-order chi connectivity index (χ0) is 8.77. The first-order valence-corrected chi connectivity index (χ1v) is 4.26. The van der Waals surface area contributed by atoms with Crippen LogP contribution in [0.1, 0.15) is 25.0 Å². The molecule has 1 aromatic carbocycles. The van der Waals surface area contributed by atoms with Gasteiger partial charge in [-0.15, -0.1) is 0 Å². The normalized spacial score (nSPS) is 17.9. The summed E-state index contributed by atoms with van der Waals surface area (Å²) in [5.74, 6) is 0. The SMILES string of the molecule is Cc1cccc2c1C(C)(C)C=N2. The molecule has 0 radical (unpaired) electrons. The van der Waals surface area contributed by atoms with Gasteiger partial charge in [-0.2, -0.15) is 0 Å². The van der Waals surface area contributed by atoms with Gasteiger partial charge in [0.2, 0.25) is 0 Å². The van der Waals surface area contributed by atoms with Crippen LogP contribution in [0.15, 0.2) is 23.2 Å². The molecule has 1 aliphatic heterocycles. The average molecular weight is 159 g/mol. The fourth-order valence-electron chi connectivity index (χ4n) is 1.89. The van der Waals surface area contributed by atoms with Gasteiger partial charge in [-0.25, -0.2) is 0 Å². The Bertz CT molecular complexity index is 348. The van der Waals surface area contributed by atoms with E-state index in [0.29, 0.717) is 0 Å². The summed E-state index contributed by atoms with van der Waals surface area (Å²) < 4.78 is 0. The molecule has 0 amide bonds. The Morgan fingerprint density at radius 3 is 2.67 bits per heavy atom. The lowest BCUT2D eigenvalue weighted by Gasteiger charge is -2.17. The Morgan fingerprint density at radius 1 is 1.25 bits per heavy atom. The summed E-state index contributed by atoms with van der Waals surface area (Å²) in [5.41, 5.74) is 3.99. The van der Waals surface area contributed by atoms with Gasteiger partial charge in [-0.3, -0.25) is 4.99 Å². The maximum Gasteiger partial charge on any atom is 0.0669 e.